The zero-order valence-corrected chi connectivity index (χ0v) is 15.5. The molecule has 4 heteroatoms. The van der Waals surface area contributed by atoms with Crippen LogP contribution in [0.5, 0.6) is 0 Å². The van der Waals surface area contributed by atoms with Gasteiger partial charge in [-0.15, -0.1) is 0 Å². The molecule has 1 aromatic rings. The van der Waals surface area contributed by atoms with Crippen LogP contribution in [0.4, 0.5) is 11.4 Å². The molecule has 0 unspecified atom stereocenters. The number of benzene rings is 1. The van der Waals surface area contributed by atoms with Gasteiger partial charge in [-0.2, -0.15) is 0 Å². The predicted octanol–water partition coefficient (Wildman–Crippen LogP) is 5.16. The Morgan fingerprint density at radius 2 is 1.67 bits per heavy atom. The molecule has 0 spiro atoms. The molecule has 1 aliphatic carbocycles. The first-order valence-electron chi connectivity index (χ1n) is 9.74. The van der Waals surface area contributed by atoms with Crippen LogP contribution in [0.1, 0.15) is 57.8 Å². The molecular formula is C20H32ClN3. The summed E-state index contributed by atoms with van der Waals surface area (Å²) in [6.45, 7) is 3.74. The Balaban J connectivity index is 1.43. The molecule has 0 bridgehead atoms. The first-order valence-corrected chi connectivity index (χ1v) is 10.1. The molecule has 3 rings (SSSR count). The summed E-state index contributed by atoms with van der Waals surface area (Å²) in [6.07, 6.45) is 12.5. The van der Waals surface area contributed by atoms with E-state index in [0.717, 1.165) is 17.3 Å². The Morgan fingerprint density at radius 1 is 1.00 bits per heavy atom. The number of hydrogen-bond donors (Lipinski definition) is 2. The Hall–Kier alpha value is -0.930. The standard InChI is InChI=1S/C20H32ClN3/c21-17-8-9-20(19(22)14-17)23-18-10-12-24(13-11-18)15-16-6-4-2-1-3-5-7-16/h8-9,14,16,18,23H,1-7,10-13,15,22H2. The summed E-state index contributed by atoms with van der Waals surface area (Å²) in [5, 5.41) is 4.31. The largest absolute Gasteiger partial charge is 0.397 e. The SMILES string of the molecule is Nc1cc(Cl)ccc1NC1CCN(CC2CCCCCCC2)CC1. The summed E-state index contributed by atoms with van der Waals surface area (Å²) in [6, 6.07) is 6.26. The first-order chi connectivity index (χ1) is 11.7. The second-order valence-corrected chi connectivity index (χ2v) is 8.10. The smallest absolute Gasteiger partial charge is 0.0577 e. The summed E-state index contributed by atoms with van der Waals surface area (Å²) >= 11 is 5.98. The molecular weight excluding hydrogens is 318 g/mol. The lowest BCUT2D eigenvalue weighted by molar-refractivity contribution is 0.173. The molecule has 3 N–H and O–H groups in total. The molecule has 0 radical (unpaired) electrons. The van der Waals surface area contributed by atoms with Gasteiger partial charge in [0.25, 0.3) is 0 Å². The van der Waals surface area contributed by atoms with Crippen molar-refractivity contribution in [1.29, 1.82) is 0 Å². The molecule has 0 amide bonds. The zero-order chi connectivity index (χ0) is 16.8. The number of anilines is 2. The fraction of sp³-hybridized carbons (Fsp3) is 0.700. The lowest BCUT2D eigenvalue weighted by Crippen LogP contribution is -2.41. The molecule has 3 nitrogen and oxygen atoms in total. The van der Waals surface area contributed by atoms with Gasteiger partial charge in [0, 0.05) is 30.7 Å². The van der Waals surface area contributed by atoms with E-state index in [1.807, 2.05) is 18.2 Å². The highest BCUT2D eigenvalue weighted by molar-refractivity contribution is 6.31. The summed E-state index contributed by atoms with van der Waals surface area (Å²) in [4.78, 5) is 2.69. The van der Waals surface area contributed by atoms with Gasteiger partial charge in [-0.1, -0.05) is 43.7 Å². The molecule has 2 aliphatic rings. The van der Waals surface area contributed by atoms with Crippen LogP contribution in [0.3, 0.4) is 0 Å². The van der Waals surface area contributed by atoms with Crippen molar-refractivity contribution in [2.75, 3.05) is 30.7 Å². The molecule has 1 saturated heterocycles. The molecule has 1 aliphatic heterocycles. The molecule has 1 saturated carbocycles. The van der Waals surface area contributed by atoms with Crippen molar-refractivity contribution < 1.29 is 0 Å². The first kappa shape index (κ1) is 17.9. The van der Waals surface area contributed by atoms with Crippen LogP contribution in [0.2, 0.25) is 5.02 Å². The summed E-state index contributed by atoms with van der Waals surface area (Å²) in [7, 11) is 0. The van der Waals surface area contributed by atoms with Crippen LogP contribution in [0.15, 0.2) is 18.2 Å². The summed E-state index contributed by atoms with van der Waals surface area (Å²) in [5.74, 6) is 0.932. The third-order valence-corrected chi connectivity index (χ3v) is 5.94. The minimum absolute atomic E-state index is 0.530. The monoisotopic (exact) mass is 349 g/mol. The predicted molar refractivity (Wildman–Crippen MR) is 105 cm³/mol. The third-order valence-electron chi connectivity index (χ3n) is 5.70. The molecule has 0 aromatic heterocycles. The van der Waals surface area contributed by atoms with Crippen molar-refractivity contribution in [2.24, 2.45) is 5.92 Å². The average Bonchev–Trinajstić information content (AvgIpc) is 2.54. The Labute approximate surface area is 151 Å². The van der Waals surface area contributed by atoms with E-state index >= 15 is 0 Å². The summed E-state index contributed by atoms with van der Waals surface area (Å²) < 4.78 is 0. The fourth-order valence-corrected chi connectivity index (χ4v) is 4.41. The van der Waals surface area contributed by atoms with Crippen molar-refractivity contribution in [1.82, 2.24) is 4.90 Å². The average molecular weight is 350 g/mol. The number of piperidine rings is 1. The number of nitrogen functional groups attached to an aromatic ring is 1. The molecule has 1 aromatic carbocycles. The van der Waals surface area contributed by atoms with Crippen molar-refractivity contribution >= 4 is 23.0 Å². The van der Waals surface area contributed by atoms with Crippen molar-refractivity contribution in [3.05, 3.63) is 23.2 Å². The van der Waals surface area contributed by atoms with E-state index in [1.165, 1.54) is 77.4 Å². The number of likely N-dealkylation sites (tertiary alicyclic amines) is 1. The van der Waals surface area contributed by atoms with Crippen LogP contribution in [0, 0.1) is 5.92 Å². The Bertz CT molecular complexity index is 504. The van der Waals surface area contributed by atoms with Crippen LogP contribution in [-0.2, 0) is 0 Å². The second-order valence-electron chi connectivity index (χ2n) is 7.66. The maximum atomic E-state index is 6.06. The van der Waals surface area contributed by atoms with E-state index < -0.39 is 0 Å². The number of nitrogens with one attached hydrogen (secondary N) is 1. The number of halogens is 1. The third kappa shape index (κ3) is 5.29. The molecule has 134 valence electrons. The van der Waals surface area contributed by atoms with Crippen molar-refractivity contribution in [3.63, 3.8) is 0 Å². The van der Waals surface area contributed by atoms with E-state index in [0.29, 0.717) is 11.1 Å². The second kappa shape index (κ2) is 8.96. The lowest BCUT2D eigenvalue weighted by atomic mass is 9.90. The highest BCUT2D eigenvalue weighted by Crippen LogP contribution is 2.27. The number of nitrogens with zero attached hydrogens (tertiary/aromatic N) is 1. The van der Waals surface area contributed by atoms with E-state index in [4.69, 9.17) is 17.3 Å². The number of hydrogen-bond acceptors (Lipinski definition) is 3. The van der Waals surface area contributed by atoms with E-state index in [1.54, 1.807) is 0 Å². The normalized spacial score (nSPS) is 22.0. The number of rotatable bonds is 4. The minimum atomic E-state index is 0.530. The van der Waals surface area contributed by atoms with Gasteiger partial charge in [0.2, 0.25) is 0 Å². The molecule has 0 atom stereocenters. The summed E-state index contributed by atoms with van der Waals surface area (Å²) in [5.41, 5.74) is 7.84. The molecule has 24 heavy (non-hydrogen) atoms. The Kier molecular flexibility index (Phi) is 6.67. The highest BCUT2D eigenvalue weighted by atomic mass is 35.5. The quantitative estimate of drug-likeness (QED) is 0.738. The highest BCUT2D eigenvalue weighted by Gasteiger charge is 2.22. The van der Waals surface area contributed by atoms with E-state index in [9.17, 15) is 0 Å². The maximum Gasteiger partial charge on any atom is 0.0577 e. The van der Waals surface area contributed by atoms with Gasteiger partial charge in [0.1, 0.15) is 0 Å². The van der Waals surface area contributed by atoms with Gasteiger partial charge < -0.3 is 16.0 Å². The van der Waals surface area contributed by atoms with Crippen LogP contribution in [0.25, 0.3) is 0 Å². The van der Waals surface area contributed by atoms with Crippen molar-refractivity contribution in [2.45, 2.75) is 63.8 Å². The lowest BCUT2D eigenvalue weighted by Gasteiger charge is -2.35. The zero-order valence-electron chi connectivity index (χ0n) is 14.8. The van der Waals surface area contributed by atoms with E-state index in [2.05, 4.69) is 10.2 Å². The van der Waals surface area contributed by atoms with Gasteiger partial charge in [0.05, 0.1) is 11.4 Å². The van der Waals surface area contributed by atoms with E-state index in [-0.39, 0.29) is 0 Å². The van der Waals surface area contributed by atoms with Gasteiger partial charge in [-0.05, 0) is 49.8 Å². The maximum absolute atomic E-state index is 6.06. The molecule has 2 fully saturated rings. The van der Waals surface area contributed by atoms with Crippen LogP contribution in [-0.4, -0.2) is 30.6 Å². The van der Waals surface area contributed by atoms with Crippen molar-refractivity contribution in [3.8, 4) is 0 Å². The fourth-order valence-electron chi connectivity index (χ4n) is 4.23. The van der Waals surface area contributed by atoms with Crippen LogP contribution >= 0.6 is 11.6 Å². The number of nitrogens with two attached hydrogens (primary N) is 1. The minimum Gasteiger partial charge on any atom is -0.397 e. The van der Waals surface area contributed by atoms with Gasteiger partial charge in [-0.25, -0.2) is 0 Å². The van der Waals surface area contributed by atoms with Gasteiger partial charge >= 0.3 is 0 Å². The topological polar surface area (TPSA) is 41.3 Å². The Morgan fingerprint density at radius 3 is 2.33 bits per heavy atom. The molecule has 1 heterocycles. The van der Waals surface area contributed by atoms with Crippen LogP contribution < -0.4 is 11.1 Å². The van der Waals surface area contributed by atoms with Gasteiger partial charge in [-0.3, -0.25) is 0 Å². The van der Waals surface area contributed by atoms with Gasteiger partial charge in [0.15, 0.2) is 0 Å².